The number of nitrogens with zero attached hydrogens (tertiary/aromatic N) is 7. The Balaban J connectivity index is 0.000000273. The molecule has 1 unspecified atom stereocenters. The van der Waals surface area contributed by atoms with Gasteiger partial charge in [0.05, 0.1) is 22.7 Å². The summed E-state index contributed by atoms with van der Waals surface area (Å²) in [6.45, 7) is -11.0. The molecule has 0 saturated carbocycles. The highest BCUT2D eigenvalue weighted by Crippen LogP contribution is 2.33. The molecule has 6 rings (SSSR count). The first-order valence-electron chi connectivity index (χ1n) is 24.5. The second-order valence-electron chi connectivity index (χ2n) is 11.9. The van der Waals surface area contributed by atoms with Crippen molar-refractivity contribution in [1.82, 2.24) is 29.7 Å². The molecule has 11 nitrogen and oxygen atoms in total. The number of carbonyl (C=O) groups excluding carboxylic acids is 2. The fourth-order valence-corrected chi connectivity index (χ4v) is 4.68. The number of hydrogen-bond donors (Lipinski definition) is 2. The number of carbonyl (C=O) groups is 2. The molecule has 0 aliphatic carbocycles. The highest BCUT2D eigenvalue weighted by atomic mass is 35.5. The topological polar surface area (TPSA) is 162 Å². The number of nitriles is 1. The van der Waals surface area contributed by atoms with Gasteiger partial charge in [0.15, 0.2) is 11.8 Å². The van der Waals surface area contributed by atoms with E-state index in [4.69, 9.17) is 56.1 Å². The smallest absolute Gasteiger partial charge is 0.253 e. The van der Waals surface area contributed by atoms with Crippen LogP contribution < -0.4 is 5.73 Å². The van der Waals surface area contributed by atoms with Gasteiger partial charge in [0.25, 0.3) is 11.8 Å². The number of likely N-dealkylation sites (tertiary alicyclic amines) is 2. The van der Waals surface area contributed by atoms with E-state index >= 15 is 8.78 Å². The Bertz CT molecular complexity index is 2690. The zero-order valence-electron chi connectivity index (χ0n) is 45.9. The molecule has 2 saturated heterocycles. The fourth-order valence-electron chi connectivity index (χ4n) is 4.32. The predicted octanol–water partition coefficient (Wildman–Crippen LogP) is 7.10. The number of nitrogens with two attached hydrogens (primary N) is 1. The van der Waals surface area contributed by atoms with Crippen LogP contribution in [-0.2, 0) is 13.0 Å². The Kier molecular flexibility index (Phi) is 9.77. The maximum Gasteiger partial charge on any atom is 0.253 e. The molecule has 2 aliphatic rings. The number of aromatic nitrogens is 4. The predicted molar refractivity (Wildman–Crippen MR) is 207 cm³/mol. The second-order valence-corrected chi connectivity index (χ2v) is 12.8. The summed E-state index contributed by atoms with van der Waals surface area (Å²) in [7, 11) is 0. The van der Waals surface area contributed by atoms with Gasteiger partial charge < -0.3 is 20.6 Å². The summed E-state index contributed by atoms with van der Waals surface area (Å²) in [4.78, 5) is 41.1. The summed E-state index contributed by atoms with van der Waals surface area (Å²) in [6.07, 6.45) is -13.4. The van der Waals surface area contributed by atoms with E-state index in [0.717, 1.165) is 41.5 Å². The average Bonchev–Trinajstić information content (AvgIpc) is 3.30. The lowest BCUT2D eigenvalue weighted by Crippen LogP contribution is -2.49. The number of halogens is 6. The molecular weight excluding hydrogens is 787 g/mol. The zero-order valence-corrected chi connectivity index (χ0v) is 31.4. The zero-order chi connectivity index (χ0) is 56.1. The average molecular weight is 848 g/mol. The number of aliphatic hydroxyl groups is 1. The van der Waals surface area contributed by atoms with E-state index in [9.17, 15) is 23.5 Å². The Labute approximate surface area is 361 Å². The summed E-state index contributed by atoms with van der Waals surface area (Å²) in [5.74, 6) is -4.11. The van der Waals surface area contributed by atoms with E-state index in [-0.39, 0.29) is 23.6 Å². The summed E-state index contributed by atoms with van der Waals surface area (Å²) >= 11 is 11.2. The van der Waals surface area contributed by atoms with Crippen LogP contribution >= 0.6 is 23.2 Å². The first-order chi connectivity index (χ1) is 33.2. The third-order valence-corrected chi connectivity index (χ3v) is 8.02. The van der Waals surface area contributed by atoms with Crippen molar-refractivity contribution in [3.05, 3.63) is 117 Å². The second kappa shape index (κ2) is 20.6. The van der Waals surface area contributed by atoms with E-state index < -0.39 is 125 Å². The van der Waals surface area contributed by atoms with Crippen LogP contribution in [0.5, 0.6) is 0 Å². The molecule has 2 aromatic carbocycles. The van der Waals surface area contributed by atoms with Gasteiger partial charge in [-0.1, -0.05) is 23.2 Å². The molecule has 0 spiro atoms. The van der Waals surface area contributed by atoms with Gasteiger partial charge in [0.1, 0.15) is 29.0 Å². The first kappa shape index (κ1) is 27.0. The van der Waals surface area contributed by atoms with Crippen molar-refractivity contribution in [1.29, 1.82) is 5.26 Å². The first-order valence-corrected chi connectivity index (χ1v) is 17.2. The van der Waals surface area contributed by atoms with Crippen molar-refractivity contribution in [3.63, 3.8) is 0 Å². The number of benzene rings is 2. The SMILES string of the molecule is Cc1cnc(CN)nc1.[2H]C1([2H])N(C(=O)c2ccc(F)c(Cl)c2)C([2H])([2H])C([2H])([2H])C(F)(C(O)C#N)C1([2H])[2H].[2H]C1([2H])N(C(=O)c2ccc(F)c(Cl)c2)C([2H])([2H])C([2H])([2H])C(F)(CCCc2ncc(C)cn2)C1([2H])[2H]. The molecule has 3 N–H and O–H groups in total. The summed E-state index contributed by atoms with van der Waals surface area (Å²) in [6, 6.07) is 5.39. The van der Waals surface area contributed by atoms with Crippen LogP contribution in [0, 0.1) is 36.8 Å². The lowest BCUT2D eigenvalue weighted by atomic mass is 9.88. The van der Waals surface area contributed by atoms with E-state index in [1.807, 2.05) is 6.92 Å². The molecule has 2 aliphatic heterocycles. The van der Waals surface area contributed by atoms with Gasteiger partial charge in [-0.05, 0) is 87.0 Å². The molecule has 4 heterocycles. The number of alkyl halides is 2. The van der Waals surface area contributed by atoms with Crippen molar-refractivity contribution in [3.8, 4) is 6.07 Å². The van der Waals surface area contributed by atoms with E-state index in [0.29, 0.717) is 24.5 Å². The van der Waals surface area contributed by atoms with Crippen LogP contribution in [-0.4, -0.2) is 90.1 Å². The monoisotopic (exact) mass is 846 g/mol. The molecular formula is C40H44Cl2F4N8O3. The minimum atomic E-state index is -4.42. The number of amides is 2. The Morgan fingerprint density at radius 1 is 0.842 bits per heavy atom. The van der Waals surface area contributed by atoms with E-state index in [1.165, 1.54) is 12.4 Å². The van der Waals surface area contributed by atoms with Crippen LogP contribution in [0.2, 0.25) is 10.0 Å². The van der Waals surface area contributed by atoms with Gasteiger partial charge in [0.2, 0.25) is 0 Å². The number of piperidine rings is 2. The van der Waals surface area contributed by atoms with Gasteiger partial charge in [-0.2, -0.15) is 5.26 Å². The molecule has 2 amide bonds. The molecule has 17 heteroatoms. The van der Waals surface area contributed by atoms with Gasteiger partial charge in [0, 0.05) is 103 Å². The Morgan fingerprint density at radius 2 is 1.26 bits per heavy atom. The van der Waals surface area contributed by atoms with Crippen LogP contribution in [0.25, 0.3) is 0 Å². The van der Waals surface area contributed by atoms with Crippen molar-refractivity contribution in [2.45, 2.75) is 82.6 Å². The Hall–Kier alpha value is -4.75. The summed E-state index contributed by atoms with van der Waals surface area (Å²) in [5, 5.41) is 17.3. The van der Waals surface area contributed by atoms with Crippen LogP contribution in [0.3, 0.4) is 0 Å². The maximum absolute atomic E-state index is 16.4. The van der Waals surface area contributed by atoms with E-state index in [1.54, 1.807) is 19.3 Å². The molecule has 2 fully saturated rings. The van der Waals surface area contributed by atoms with Gasteiger partial charge in [-0.15, -0.1) is 0 Å². The summed E-state index contributed by atoms with van der Waals surface area (Å²) < 4.78 is 188. The number of aryl methyl sites for hydroxylation is 3. The van der Waals surface area contributed by atoms with Crippen LogP contribution in [0.4, 0.5) is 17.6 Å². The van der Waals surface area contributed by atoms with Crippen LogP contribution in [0.15, 0.2) is 61.2 Å². The van der Waals surface area contributed by atoms with Gasteiger partial charge >= 0.3 is 0 Å². The lowest BCUT2D eigenvalue weighted by molar-refractivity contribution is -0.0201. The minimum Gasteiger partial charge on any atom is -0.375 e. The third-order valence-electron chi connectivity index (χ3n) is 7.44. The molecule has 1 atom stereocenters. The van der Waals surface area contributed by atoms with E-state index in [2.05, 4.69) is 19.9 Å². The van der Waals surface area contributed by atoms with Crippen molar-refractivity contribution >= 4 is 35.0 Å². The van der Waals surface area contributed by atoms with Crippen molar-refractivity contribution in [2.24, 2.45) is 5.73 Å². The standard InChI is InChI=1S/C20H22ClF2N3O.C14H13ClF2N2O2.C6H9N3/c1-14-12-24-18(25-13-14)3-2-6-20(23)7-9-26(10-8-20)19(27)15-4-5-17(22)16(21)11-15;15-10-7-9(1-2-11(10)16)13(21)19-5-3-14(17,4-6-19)12(20)8-18;1-5-3-8-6(2-7)9-4-5/h4-5,11-13H,2-3,6-10H2,1H3;1-2,7,12,20H,3-6H2;3-4H,2,7H2,1H3/i7D2,8D2,9D2,10D2;3D2,4D2,5D2,6D2;. The maximum atomic E-state index is 16.4. The fraction of sp³-hybridized carbons (Fsp3) is 0.425. The van der Waals surface area contributed by atoms with Crippen molar-refractivity contribution < 1.29 is 54.2 Å². The molecule has 57 heavy (non-hydrogen) atoms. The molecule has 2 aromatic heterocycles. The number of rotatable bonds is 8. The molecule has 0 radical (unpaired) electrons. The normalized spacial score (nSPS) is 27.5. The van der Waals surface area contributed by atoms with Crippen molar-refractivity contribution in [2.75, 3.05) is 26.0 Å². The van der Waals surface area contributed by atoms with Crippen LogP contribution in [0.1, 0.15) is 104 Å². The third kappa shape index (κ3) is 12.9. The number of aliphatic hydroxyl groups excluding tert-OH is 1. The largest absolute Gasteiger partial charge is 0.375 e. The summed E-state index contributed by atoms with van der Waals surface area (Å²) in [5.41, 5.74) is -2.18. The van der Waals surface area contributed by atoms with Gasteiger partial charge in [-0.3, -0.25) is 9.59 Å². The van der Waals surface area contributed by atoms with Gasteiger partial charge in [-0.25, -0.2) is 37.5 Å². The highest BCUT2D eigenvalue weighted by molar-refractivity contribution is 6.31. The highest BCUT2D eigenvalue weighted by Gasteiger charge is 2.42. The Morgan fingerprint density at radius 3 is 1.67 bits per heavy atom. The molecule has 304 valence electrons. The molecule has 0 bridgehead atoms. The minimum absolute atomic E-state index is 0.000827. The quantitative estimate of drug-likeness (QED) is 0.139. The lowest BCUT2D eigenvalue weighted by Gasteiger charge is -2.37. The molecule has 4 aromatic rings. The number of hydrogen-bond acceptors (Lipinski definition) is 9.